The van der Waals surface area contributed by atoms with Crippen molar-refractivity contribution in [2.75, 3.05) is 5.73 Å². The summed E-state index contributed by atoms with van der Waals surface area (Å²) in [4.78, 5) is 15.9. The number of nitrogen functional groups attached to an aromatic ring is 1. The molecule has 40 heavy (non-hydrogen) atoms. The zero-order chi connectivity index (χ0) is 29.1. The molecule has 2 aliphatic rings. The smallest absolute Gasteiger partial charge is 0.309 e. The predicted octanol–water partition coefficient (Wildman–Crippen LogP) is 4.63. The number of hydrogen-bond acceptors (Lipinski definition) is 7. The third-order valence-corrected chi connectivity index (χ3v) is 9.24. The number of nitrogens with zero attached hydrogens (tertiary/aromatic N) is 1. The monoisotopic (exact) mass is 560 g/mol. The zero-order valence-corrected chi connectivity index (χ0v) is 24.2. The van der Waals surface area contributed by atoms with Crippen LogP contribution in [0.3, 0.4) is 0 Å². The van der Waals surface area contributed by atoms with E-state index in [2.05, 4.69) is 24.1 Å². The van der Waals surface area contributed by atoms with Crippen molar-refractivity contribution in [1.82, 2.24) is 4.98 Å². The van der Waals surface area contributed by atoms with E-state index in [1.807, 2.05) is 6.07 Å². The highest BCUT2D eigenvalue weighted by Gasteiger charge is 2.45. The van der Waals surface area contributed by atoms with Gasteiger partial charge in [-0.2, -0.15) is 0 Å². The summed E-state index contributed by atoms with van der Waals surface area (Å²) in [6, 6.07) is 3.67. The first-order valence-corrected chi connectivity index (χ1v) is 15.5. The van der Waals surface area contributed by atoms with E-state index in [0.717, 1.165) is 37.7 Å². The molecule has 2 aliphatic carbocycles. The highest BCUT2D eigenvalue weighted by Crippen LogP contribution is 2.40. The third-order valence-electron chi connectivity index (χ3n) is 9.24. The number of aliphatic carboxylic acids is 1. The lowest BCUT2D eigenvalue weighted by Gasteiger charge is -2.29. The molecule has 8 heteroatoms. The second-order valence-electron chi connectivity index (χ2n) is 12.5. The molecule has 1 fully saturated rings. The maximum Gasteiger partial charge on any atom is 0.309 e. The van der Waals surface area contributed by atoms with E-state index in [4.69, 9.17) is 5.73 Å². The number of anilines is 1. The molecule has 8 nitrogen and oxygen atoms in total. The number of aliphatic hydroxyl groups is 4. The van der Waals surface area contributed by atoms with Gasteiger partial charge in [0.2, 0.25) is 0 Å². The number of aromatic nitrogens is 1. The Balaban J connectivity index is 1.38. The lowest BCUT2D eigenvalue weighted by atomic mass is 9.81. The molecule has 1 saturated carbocycles. The molecule has 0 unspecified atom stereocenters. The molecule has 7 N–H and O–H groups in total. The Morgan fingerprint density at radius 3 is 2.58 bits per heavy atom. The van der Waals surface area contributed by atoms with E-state index < -0.39 is 29.7 Å². The predicted molar refractivity (Wildman–Crippen MR) is 156 cm³/mol. The Morgan fingerprint density at radius 2 is 1.88 bits per heavy atom. The largest absolute Gasteiger partial charge is 0.481 e. The highest BCUT2D eigenvalue weighted by molar-refractivity contribution is 5.70. The number of carboxylic acid groups (broad SMARTS) is 1. The number of carbonyl (C=O) groups is 1. The van der Waals surface area contributed by atoms with Gasteiger partial charge in [0, 0.05) is 12.1 Å². The number of allylic oxidation sites excluding steroid dienone is 1. The van der Waals surface area contributed by atoms with Crippen molar-refractivity contribution >= 4 is 11.8 Å². The third kappa shape index (κ3) is 9.82. The first-order chi connectivity index (χ1) is 19.1. The second kappa shape index (κ2) is 15.9. The Kier molecular flexibility index (Phi) is 12.9. The maximum absolute atomic E-state index is 11.9. The minimum Gasteiger partial charge on any atom is -0.481 e. The summed E-state index contributed by atoms with van der Waals surface area (Å²) in [5.74, 6) is -0.781. The fraction of sp³-hybridized carbons (Fsp3) is 0.750. The normalized spacial score (nSPS) is 29.9. The Labute approximate surface area is 239 Å². The molecule has 3 rings (SSSR count). The van der Waals surface area contributed by atoms with Crippen molar-refractivity contribution in [1.29, 1.82) is 0 Å². The molecule has 0 saturated heterocycles. The van der Waals surface area contributed by atoms with Gasteiger partial charge in [-0.15, -0.1) is 0 Å². The number of aliphatic hydroxyl groups excluding tert-OH is 3. The second-order valence-corrected chi connectivity index (χ2v) is 12.5. The van der Waals surface area contributed by atoms with Crippen LogP contribution in [0.2, 0.25) is 0 Å². The summed E-state index contributed by atoms with van der Waals surface area (Å²) < 4.78 is 0. The molecule has 1 heterocycles. The van der Waals surface area contributed by atoms with Crippen LogP contribution in [0.15, 0.2) is 30.5 Å². The standard InChI is InChI=1S/C32H52N2O6/c1-2-3-5-8-22-11-12-25(28(36)18-22)9-6-4-7-10-26(31(38)39)27(35)13-15-32(40)21-24(19-29(32)37)17-23-14-16-34-30(33)20-23/h11-12,14,16,20,22,24-29,35-37,40H,2-10,13,15,17-19,21H2,1H3,(H2,33,34)(H,38,39)/t22-,24-,25-,26+,27-,28-,29-,32+/m1/s1. The van der Waals surface area contributed by atoms with Crippen LogP contribution in [-0.2, 0) is 11.2 Å². The molecule has 226 valence electrons. The van der Waals surface area contributed by atoms with Gasteiger partial charge >= 0.3 is 5.97 Å². The SMILES string of the molecule is CCCCC[C@@H]1C=C[C@@H](CCCCC[C@H](C(=O)O)[C@H](O)CC[C@]2(O)C[C@H](Cc3ccnc(N)c3)C[C@H]2O)[C@H](O)C1. The molecule has 1 aromatic heterocycles. The fourth-order valence-electron chi connectivity index (χ4n) is 6.78. The minimum atomic E-state index is -1.34. The average molecular weight is 561 g/mol. The number of rotatable bonds is 17. The van der Waals surface area contributed by atoms with Gasteiger partial charge in [0.25, 0.3) is 0 Å². The summed E-state index contributed by atoms with van der Waals surface area (Å²) in [5, 5.41) is 52.8. The maximum atomic E-state index is 11.9. The van der Waals surface area contributed by atoms with Gasteiger partial charge in [0.05, 0.1) is 29.8 Å². The van der Waals surface area contributed by atoms with Crippen molar-refractivity contribution in [3.05, 3.63) is 36.0 Å². The van der Waals surface area contributed by atoms with Crippen LogP contribution < -0.4 is 5.73 Å². The molecular weight excluding hydrogens is 508 g/mol. The van der Waals surface area contributed by atoms with Crippen LogP contribution >= 0.6 is 0 Å². The number of hydrogen-bond donors (Lipinski definition) is 6. The van der Waals surface area contributed by atoms with E-state index in [0.29, 0.717) is 43.8 Å². The van der Waals surface area contributed by atoms with Crippen LogP contribution in [0.4, 0.5) is 5.82 Å². The molecule has 0 aromatic carbocycles. The number of carboxylic acids is 1. The molecule has 0 amide bonds. The lowest BCUT2D eigenvalue weighted by molar-refractivity contribution is -0.147. The van der Waals surface area contributed by atoms with Crippen LogP contribution in [0.25, 0.3) is 0 Å². The summed E-state index contributed by atoms with van der Waals surface area (Å²) in [6.07, 6.45) is 14.9. The Morgan fingerprint density at radius 1 is 1.10 bits per heavy atom. The highest BCUT2D eigenvalue weighted by atomic mass is 16.4. The van der Waals surface area contributed by atoms with Gasteiger partial charge < -0.3 is 31.3 Å². The minimum absolute atomic E-state index is 0.0682. The van der Waals surface area contributed by atoms with E-state index >= 15 is 0 Å². The number of nitrogens with two attached hydrogens (primary N) is 1. The summed E-state index contributed by atoms with van der Waals surface area (Å²) in [5.41, 5.74) is 5.43. The van der Waals surface area contributed by atoms with Gasteiger partial charge in [0.15, 0.2) is 0 Å². The van der Waals surface area contributed by atoms with Gasteiger partial charge in [-0.1, -0.05) is 57.6 Å². The van der Waals surface area contributed by atoms with Gasteiger partial charge in [-0.05, 0) is 87.3 Å². The molecule has 1 aromatic rings. The van der Waals surface area contributed by atoms with Crippen LogP contribution in [0.1, 0.15) is 102 Å². The van der Waals surface area contributed by atoms with Crippen molar-refractivity contribution in [2.45, 2.75) is 127 Å². The topological polar surface area (TPSA) is 157 Å². The van der Waals surface area contributed by atoms with Crippen LogP contribution in [0.5, 0.6) is 0 Å². The zero-order valence-electron chi connectivity index (χ0n) is 24.2. The molecule has 0 bridgehead atoms. The van der Waals surface area contributed by atoms with Gasteiger partial charge in [-0.25, -0.2) is 4.98 Å². The summed E-state index contributed by atoms with van der Waals surface area (Å²) >= 11 is 0. The average Bonchev–Trinajstić information content (AvgIpc) is 3.18. The van der Waals surface area contributed by atoms with Crippen molar-refractivity contribution in [3.8, 4) is 0 Å². The van der Waals surface area contributed by atoms with Crippen molar-refractivity contribution in [3.63, 3.8) is 0 Å². The summed E-state index contributed by atoms with van der Waals surface area (Å²) in [6.45, 7) is 2.20. The number of unbranched alkanes of at least 4 members (excludes halogenated alkanes) is 4. The number of pyridine rings is 1. The Hall–Kier alpha value is -2.00. The first-order valence-electron chi connectivity index (χ1n) is 15.5. The van der Waals surface area contributed by atoms with E-state index in [-0.39, 0.29) is 30.8 Å². The van der Waals surface area contributed by atoms with Crippen molar-refractivity contribution in [2.24, 2.45) is 23.7 Å². The quantitative estimate of drug-likeness (QED) is 0.119. The molecule has 0 radical (unpaired) electrons. The van der Waals surface area contributed by atoms with E-state index in [1.165, 1.54) is 19.3 Å². The lowest BCUT2D eigenvalue weighted by Crippen LogP contribution is -2.39. The van der Waals surface area contributed by atoms with E-state index in [9.17, 15) is 30.3 Å². The van der Waals surface area contributed by atoms with Crippen molar-refractivity contribution < 1.29 is 30.3 Å². The molecular formula is C32H52N2O6. The van der Waals surface area contributed by atoms with E-state index in [1.54, 1.807) is 12.3 Å². The molecule has 8 atom stereocenters. The summed E-state index contributed by atoms with van der Waals surface area (Å²) in [7, 11) is 0. The van der Waals surface area contributed by atoms with Gasteiger partial charge in [0.1, 0.15) is 5.82 Å². The van der Waals surface area contributed by atoms with Crippen LogP contribution in [-0.4, -0.2) is 60.4 Å². The Bertz CT molecular complexity index is 942. The molecule has 0 aliphatic heterocycles. The first kappa shape index (κ1) is 32.5. The molecule has 0 spiro atoms. The fourth-order valence-corrected chi connectivity index (χ4v) is 6.78. The van der Waals surface area contributed by atoms with Crippen LogP contribution in [0, 0.1) is 23.7 Å². The van der Waals surface area contributed by atoms with Gasteiger partial charge in [-0.3, -0.25) is 4.79 Å².